The summed E-state index contributed by atoms with van der Waals surface area (Å²) in [4.78, 5) is 39.9. The molecule has 0 N–H and O–H groups in total. The van der Waals surface area contributed by atoms with Gasteiger partial charge in [0.2, 0.25) is 5.69 Å². The summed E-state index contributed by atoms with van der Waals surface area (Å²) in [7, 11) is 1.58. The summed E-state index contributed by atoms with van der Waals surface area (Å²) in [5.41, 5.74) is 0.368. The third kappa shape index (κ3) is 2.55. The molecule has 112 valence electrons. The Hall–Kier alpha value is -2.76. The Labute approximate surface area is 126 Å². The van der Waals surface area contributed by atoms with Crippen molar-refractivity contribution in [2.75, 3.05) is 0 Å². The highest BCUT2D eigenvalue weighted by Gasteiger charge is 2.21. The number of hydrogen-bond acceptors (Lipinski definition) is 5. The number of esters is 1. The standard InChI is InChI=1S/C16H14N2O4/c1-18-13-8-3-2-7-12(13)17-14(15(18)20)16(21)22-11-6-4-5-10(19)9-11/h2-3,7-9H,4-6H2,1H3. The van der Waals surface area contributed by atoms with E-state index in [1.807, 2.05) is 0 Å². The van der Waals surface area contributed by atoms with Crippen molar-refractivity contribution in [1.82, 2.24) is 9.55 Å². The van der Waals surface area contributed by atoms with Crippen LogP contribution in [0.1, 0.15) is 29.8 Å². The van der Waals surface area contributed by atoms with Crippen LogP contribution >= 0.6 is 0 Å². The minimum absolute atomic E-state index is 0.0755. The number of rotatable bonds is 2. The first kappa shape index (κ1) is 14.2. The molecule has 0 fully saturated rings. The zero-order chi connectivity index (χ0) is 15.7. The van der Waals surface area contributed by atoms with Crippen LogP contribution in [0.2, 0.25) is 0 Å². The number of aromatic nitrogens is 2. The molecule has 1 aromatic carbocycles. The van der Waals surface area contributed by atoms with E-state index in [0.29, 0.717) is 36.1 Å². The number of hydrogen-bond donors (Lipinski definition) is 0. The van der Waals surface area contributed by atoms with Gasteiger partial charge in [0.25, 0.3) is 5.56 Å². The highest BCUT2D eigenvalue weighted by molar-refractivity contribution is 5.93. The predicted molar refractivity (Wildman–Crippen MR) is 79.3 cm³/mol. The third-order valence-electron chi connectivity index (χ3n) is 3.57. The van der Waals surface area contributed by atoms with E-state index in [0.717, 1.165) is 0 Å². The van der Waals surface area contributed by atoms with E-state index in [2.05, 4.69) is 4.98 Å². The largest absolute Gasteiger partial charge is 0.426 e. The summed E-state index contributed by atoms with van der Waals surface area (Å²) in [5.74, 6) is -0.612. The molecule has 0 atom stereocenters. The highest BCUT2D eigenvalue weighted by Crippen LogP contribution is 2.17. The lowest BCUT2D eigenvalue weighted by Gasteiger charge is -2.12. The monoisotopic (exact) mass is 298 g/mol. The fourth-order valence-corrected chi connectivity index (χ4v) is 2.42. The highest BCUT2D eigenvalue weighted by atomic mass is 16.5. The van der Waals surface area contributed by atoms with Crippen molar-refractivity contribution >= 4 is 22.8 Å². The van der Waals surface area contributed by atoms with Gasteiger partial charge in [-0.25, -0.2) is 9.78 Å². The van der Waals surface area contributed by atoms with Crippen LogP contribution in [0.25, 0.3) is 11.0 Å². The number of allylic oxidation sites excluding steroid dienone is 2. The summed E-state index contributed by atoms with van der Waals surface area (Å²) in [6.45, 7) is 0. The molecule has 0 aliphatic heterocycles. The van der Waals surface area contributed by atoms with Crippen LogP contribution in [-0.2, 0) is 16.6 Å². The van der Waals surface area contributed by atoms with Gasteiger partial charge in [-0.05, 0) is 18.6 Å². The third-order valence-corrected chi connectivity index (χ3v) is 3.57. The van der Waals surface area contributed by atoms with Crippen LogP contribution in [0, 0.1) is 0 Å². The SMILES string of the molecule is Cn1c(=O)c(C(=O)OC2=CC(=O)CCC2)nc2ccccc21. The molecule has 0 spiro atoms. The fourth-order valence-electron chi connectivity index (χ4n) is 2.42. The van der Waals surface area contributed by atoms with E-state index in [1.54, 1.807) is 31.3 Å². The number of benzene rings is 1. The Morgan fingerprint density at radius 1 is 1.23 bits per heavy atom. The summed E-state index contributed by atoms with van der Waals surface area (Å²) in [5, 5.41) is 0. The van der Waals surface area contributed by atoms with Crippen LogP contribution < -0.4 is 5.56 Å². The van der Waals surface area contributed by atoms with Crippen molar-refractivity contribution in [3.8, 4) is 0 Å². The first-order valence-corrected chi connectivity index (χ1v) is 6.97. The van der Waals surface area contributed by atoms with Crippen molar-refractivity contribution in [3.05, 3.63) is 52.1 Å². The minimum Gasteiger partial charge on any atom is -0.426 e. The number of carbonyl (C=O) groups is 2. The van der Waals surface area contributed by atoms with E-state index in [1.165, 1.54) is 10.6 Å². The molecule has 1 aliphatic carbocycles. The molecule has 0 amide bonds. The van der Waals surface area contributed by atoms with Gasteiger partial charge in [0.15, 0.2) is 5.78 Å². The fraction of sp³-hybridized carbons (Fsp3) is 0.250. The Morgan fingerprint density at radius 3 is 2.77 bits per heavy atom. The Morgan fingerprint density at radius 2 is 2.00 bits per heavy atom. The molecular formula is C16H14N2O4. The molecule has 0 saturated heterocycles. The summed E-state index contributed by atoms with van der Waals surface area (Å²) < 4.78 is 6.52. The molecule has 3 rings (SSSR count). The summed E-state index contributed by atoms with van der Waals surface area (Å²) >= 11 is 0. The van der Waals surface area contributed by atoms with Gasteiger partial charge in [0, 0.05) is 26.0 Å². The normalized spacial score (nSPS) is 14.8. The zero-order valence-corrected chi connectivity index (χ0v) is 12.0. The topological polar surface area (TPSA) is 78.3 Å². The maximum atomic E-state index is 12.2. The van der Waals surface area contributed by atoms with E-state index in [-0.39, 0.29) is 11.5 Å². The van der Waals surface area contributed by atoms with E-state index in [4.69, 9.17) is 4.74 Å². The maximum absolute atomic E-state index is 12.2. The van der Waals surface area contributed by atoms with E-state index < -0.39 is 11.5 Å². The molecule has 1 heterocycles. The molecule has 0 saturated carbocycles. The lowest BCUT2D eigenvalue weighted by molar-refractivity contribution is -0.115. The second-order valence-electron chi connectivity index (χ2n) is 5.13. The van der Waals surface area contributed by atoms with E-state index >= 15 is 0 Å². The van der Waals surface area contributed by atoms with Gasteiger partial charge in [0.1, 0.15) is 5.76 Å². The van der Waals surface area contributed by atoms with Gasteiger partial charge in [-0.3, -0.25) is 9.59 Å². The number of fused-ring (bicyclic) bond motifs is 1. The Kier molecular flexibility index (Phi) is 3.58. The molecule has 2 aromatic rings. The van der Waals surface area contributed by atoms with Gasteiger partial charge in [0.05, 0.1) is 11.0 Å². The van der Waals surface area contributed by atoms with E-state index in [9.17, 15) is 14.4 Å². The van der Waals surface area contributed by atoms with Crippen LogP contribution in [0.3, 0.4) is 0 Å². The summed E-state index contributed by atoms with van der Waals surface area (Å²) in [6.07, 6.45) is 2.91. The molecular weight excluding hydrogens is 284 g/mol. The zero-order valence-electron chi connectivity index (χ0n) is 12.0. The molecule has 1 aliphatic rings. The molecule has 22 heavy (non-hydrogen) atoms. The number of ether oxygens (including phenoxy) is 1. The second-order valence-corrected chi connectivity index (χ2v) is 5.13. The number of carbonyl (C=O) groups excluding carboxylic acids is 2. The van der Waals surface area contributed by atoms with Crippen molar-refractivity contribution < 1.29 is 14.3 Å². The van der Waals surface area contributed by atoms with Crippen molar-refractivity contribution in [3.63, 3.8) is 0 Å². The van der Waals surface area contributed by atoms with Crippen molar-refractivity contribution in [2.24, 2.45) is 7.05 Å². The molecule has 0 unspecified atom stereocenters. The molecule has 6 nitrogen and oxygen atoms in total. The van der Waals surface area contributed by atoms with Crippen LogP contribution in [0.4, 0.5) is 0 Å². The molecule has 1 aromatic heterocycles. The summed E-state index contributed by atoms with van der Waals surface area (Å²) in [6, 6.07) is 7.04. The average Bonchev–Trinajstić information content (AvgIpc) is 2.51. The minimum atomic E-state index is -0.827. The number of aryl methyl sites for hydroxylation is 1. The number of para-hydroxylation sites is 2. The van der Waals surface area contributed by atoms with Gasteiger partial charge in [-0.1, -0.05) is 12.1 Å². The maximum Gasteiger partial charge on any atom is 0.367 e. The molecule has 6 heteroatoms. The van der Waals surface area contributed by atoms with Gasteiger partial charge >= 0.3 is 5.97 Å². The van der Waals surface area contributed by atoms with Crippen molar-refractivity contribution in [2.45, 2.75) is 19.3 Å². The Balaban J connectivity index is 1.99. The average molecular weight is 298 g/mol. The first-order valence-electron chi connectivity index (χ1n) is 6.97. The first-order chi connectivity index (χ1) is 10.6. The van der Waals surface area contributed by atoms with Crippen LogP contribution in [0.5, 0.6) is 0 Å². The predicted octanol–water partition coefficient (Wildman–Crippen LogP) is 1.73. The van der Waals surface area contributed by atoms with Crippen LogP contribution in [-0.4, -0.2) is 21.3 Å². The number of ketones is 1. The van der Waals surface area contributed by atoms with Gasteiger partial charge < -0.3 is 9.30 Å². The number of nitrogens with zero attached hydrogens (tertiary/aromatic N) is 2. The molecule has 0 bridgehead atoms. The quantitative estimate of drug-likeness (QED) is 0.789. The van der Waals surface area contributed by atoms with Crippen LogP contribution in [0.15, 0.2) is 40.9 Å². The molecule has 0 radical (unpaired) electrons. The Bertz CT molecular complexity index is 864. The van der Waals surface area contributed by atoms with Gasteiger partial charge in [-0.2, -0.15) is 0 Å². The van der Waals surface area contributed by atoms with Crippen molar-refractivity contribution in [1.29, 1.82) is 0 Å². The second kappa shape index (κ2) is 5.55. The lowest BCUT2D eigenvalue weighted by Crippen LogP contribution is -2.27. The smallest absolute Gasteiger partial charge is 0.367 e. The lowest BCUT2D eigenvalue weighted by atomic mass is 10.1. The van der Waals surface area contributed by atoms with Gasteiger partial charge in [-0.15, -0.1) is 0 Å².